The first-order valence-electron chi connectivity index (χ1n) is 5.12. The molecule has 0 radical (unpaired) electrons. The number of phenolic OH excluding ortho intramolecular Hbond substituents is 1. The van der Waals surface area contributed by atoms with Gasteiger partial charge in [0, 0.05) is 19.5 Å². The number of phenols is 1. The van der Waals surface area contributed by atoms with Gasteiger partial charge in [-0.1, -0.05) is 19.1 Å². The second kappa shape index (κ2) is 3.66. The van der Waals surface area contributed by atoms with E-state index in [4.69, 9.17) is 5.11 Å². The summed E-state index contributed by atoms with van der Waals surface area (Å²) in [5.74, 6) is 0.509. The lowest BCUT2D eigenvalue weighted by atomic mass is 9.78. The van der Waals surface area contributed by atoms with Gasteiger partial charge >= 0.3 is 0 Å². The Morgan fingerprint density at radius 1 is 1.40 bits per heavy atom. The molecule has 15 heavy (non-hydrogen) atoms. The SMILES string of the molecule is CC1(C(=O)Cc2ccc(O)cc2)CNC1. The first-order chi connectivity index (χ1) is 7.10. The quantitative estimate of drug-likeness (QED) is 0.777. The lowest BCUT2D eigenvalue weighted by Crippen LogP contribution is -2.56. The molecule has 1 heterocycles. The average molecular weight is 205 g/mol. The van der Waals surface area contributed by atoms with Crippen LogP contribution in [0.2, 0.25) is 0 Å². The lowest BCUT2D eigenvalue weighted by molar-refractivity contribution is -0.129. The van der Waals surface area contributed by atoms with Gasteiger partial charge in [-0.15, -0.1) is 0 Å². The third-order valence-electron chi connectivity index (χ3n) is 3.00. The van der Waals surface area contributed by atoms with Gasteiger partial charge in [-0.2, -0.15) is 0 Å². The fourth-order valence-corrected chi connectivity index (χ4v) is 1.71. The normalized spacial score (nSPS) is 18.2. The number of Topliss-reactive ketones (excluding diaryl/α,β-unsaturated/α-hetero) is 1. The Kier molecular flexibility index (Phi) is 2.49. The Balaban J connectivity index is 2.02. The summed E-state index contributed by atoms with van der Waals surface area (Å²) >= 11 is 0. The summed E-state index contributed by atoms with van der Waals surface area (Å²) in [5.41, 5.74) is 0.781. The highest BCUT2D eigenvalue weighted by atomic mass is 16.3. The molecule has 1 fully saturated rings. The van der Waals surface area contributed by atoms with E-state index < -0.39 is 0 Å². The summed E-state index contributed by atoms with van der Waals surface area (Å²) in [7, 11) is 0. The third-order valence-corrected chi connectivity index (χ3v) is 3.00. The first kappa shape index (κ1) is 10.2. The fraction of sp³-hybridized carbons (Fsp3) is 0.417. The van der Waals surface area contributed by atoms with Crippen molar-refractivity contribution >= 4 is 5.78 Å². The molecule has 0 atom stereocenters. The Morgan fingerprint density at radius 3 is 2.47 bits per heavy atom. The van der Waals surface area contributed by atoms with Crippen molar-refractivity contribution in [3.63, 3.8) is 0 Å². The van der Waals surface area contributed by atoms with E-state index in [-0.39, 0.29) is 16.9 Å². The molecule has 0 spiro atoms. The van der Waals surface area contributed by atoms with Crippen LogP contribution in [0.25, 0.3) is 0 Å². The molecule has 1 aromatic rings. The Morgan fingerprint density at radius 2 is 2.00 bits per heavy atom. The van der Waals surface area contributed by atoms with Gasteiger partial charge in [0.25, 0.3) is 0 Å². The van der Waals surface area contributed by atoms with Crippen molar-refractivity contribution in [3.05, 3.63) is 29.8 Å². The predicted molar refractivity (Wildman–Crippen MR) is 57.8 cm³/mol. The van der Waals surface area contributed by atoms with Crippen LogP contribution in [0.1, 0.15) is 12.5 Å². The fourth-order valence-electron chi connectivity index (χ4n) is 1.71. The number of hydrogen-bond donors (Lipinski definition) is 2. The molecule has 2 N–H and O–H groups in total. The predicted octanol–water partition coefficient (Wildman–Crippen LogP) is 1.11. The largest absolute Gasteiger partial charge is 0.508 e. The van der Waals surface area contributed by atoms with Gasteiger partial charge in [0.05, 0.1) is 5.41 Å². The van der Waals surface area contributed by atoms with Crippen molar-refractivity contribution in [2.24, 2.45) is 5.41 Å². The van der Waals surface area contributed by atoms with E-state index in [0.29, 0.717) is 6.42 Å². The number of benzene rings is 1. The van der Waals surface area contributed by atoms with Crippen molar-refractivity contribution in [3.8, 4) is 5.75 Å². The minimum atomic E-state index is -0.183. The Bertz CT molecular complexity index is 366. The summed E-state index contributed by atoms with van der Waals surface area (Å²) in [6.07, 6.45) is 0.457. The zero-order valence-electron chi connectivity index (χ0n) is 8.79. The minimum absolute atomic E-state index is 0.183. The van der Waals surface area contributed by atoms with Crippen LogP contribution in [-0.2, 0) is 11.2 Å². The van der Waals surface area contributed by atoms with Crippen LogP contribution in [0.3, 0.4) is 0 Å². The van der Waals surface area contributed by atoms with Crippen molar-refractivity contribution in [2.45, 2.75) is 13.3 Å². The molecule has 0 aromatic heterocycles. The number of ketones is 1. The Labute approximate surface area is 89.1 Å². The maximum Gasteiger partial charge on any atom is 0.145 e. The van der Waals surface area contributed by atoms with E-state index in [1.807, 2.05) is 6.92 Å². The van der Waals surface area contributed by atoms with Gasteiger partial charge in [-0.05, 0) is 17.7 Å². The first-order valence-corrected chi connectivity index (χ1v) is 5.12. The number of aromatic hydroxyl groups is 1. The van der Waals surface area contributed by atoms with Crippen LogP contribution in [0, 0.1) is 5.41 Å². The molecular formula is C12H15NO2. The van der Waals surface area contributed by atoms with E-state index in [9.17, 15) is 4.79 Å². The number of nitrogens with one attached hydrogen (secondary N) is 1. The van der Waals surface area contributed by atoms with Crippen LogP contribution in [-0.4, -0.2) is 24.0 Å². The lowest BCUT2D eigenvalue weighted by Gasteiger charge is -2.37. The molecule has 0 saturated carbocycles. The smallest absolute Gasteiger partial charge is 0.145 e. The van der Waals surface area contributed by atoms with Crippen LogP contribution in [0.5, 0.6) is 5.75 Å². The standard InChI is InChI=1S/C12H15NO2/c1-12(7-13-8-12)11(15)6-9-2-4-10(14)5-3-9/h2-5,13-14H,6-8H2,1H3. The molecule has 1 aliphatic heterocycles. The van der Waals surface area contributed by atoms with Crippen LogP contribution in [0.15, 0.2) is 24.3 Å². The molecule has 0 bridgehead atoms. The van der Waals surface area contributed by atoms with Crippen molar-refractivity contribution in [1.82, 2.24) is 5.32 Å². The van der Waals surface area contributed by atoms with Gasteiger partial charge in [0.15, 0.2) is 0 Å². The average Bonchev–Trinajstić information content (AvgIpc) is 2.18. The van der Waals surface area contributed by atoms with E-state index in [0.717, 1.165) is 18.7 Å². The molecule has 0 aliphatic carbocycles. The van der Waals surface area contributed by atoms with Crippen molar-refractivity contribution in [2.75, 3.05) is 13.1 Å². The van der Waals surface area contributed by atoms with Crippen LogP contribution < -0.4 is 5.32 Å². The van der Waals surface area contributed by atoms with E-state index in [1.54, 1.807) is 24.3 Å². The monoisotopic (exact) mass is 205 g/mol. The molecule has 3 heteroatoms. The molecule has 1 aliphatic rings. The maximum atomic E-state index is 11.9. The highest BCUT2D eigenvalue weighted by molar-refractivity contribution is 5.87. The molecule has 1 saturated heterocycles. The van der Waals surface area contributed by atoms with Crippen molar-refractivity contribution in [1.29, 1.82) is 0 Å². The summed E-state index contributed by atoms with van der Waals surface area (Å²) in [4.78, 5) is 11.9. The summed E-state index contributed by atoms with van der Waals surface area (Å²) in [5, 5.41) is 12.2. The number of carbonyl (C=O) groups excluding carboxylic acids is 1. The maximum absolute atomic E-state index is 11.9. The summed E-state index contributed by atoms with van der Waals surface area (Å²) < 4.78 is 0. The molecule has 1 aromatic carbocycles. The van der Waals surface area contributed by atoms with E-state index in [1.165, 1.54) is 0 Å². The second-order valence-corrected chi connectivity index (χ2v) is 4.43. The minimum Gasteiger partial charge on any atom is -0.508 e. The van der Waals surface area contributed by atoms with Gasteiger partial charge in [0.2, 0.25) is 0 Å². The van der Waals surface area contributed by atoms with E-state index >= 15 is 0 Å². The molecule has 2 rings (SSSR count). The molecule has 0 amide bonds. The number of rotatable bonds is 3. The van der Waals surface area contributed by atoms with Gasteiger partial charge in [0.1, 0.15) is 11.5 Å². The van der Waals surface area contributed by atoms with Gasteiger partial charge in [-0.3, -0.25) is 4.79 Å². The van der Waals surface area contributed by atoms with Gasteiger partial charge < -0.3 is 10.4 Å². The molecular weight excluding hydrogens is 190 g/mol. The molecule has 0 unspecified atom stereocenters. The zero-order valence-corrected chi connectivity index (χ0v) is 8.79. The van der Waals surface area contributed by atoms with Crippen LogP contribution in [0.4, 0.5) is 0 Å². The third kappa shape index (κ3) is 2.02. The highest BCUT2D eigenvalue weighted by Gasteiger charge is 2.38. The second-order valence-electron chi connectivity index (χ2n) is 4.43. The number of carbonyl (C=O) groups is 1. The van der Waals surface area contributed by atoms with Crippen molar-refractivity contribution < 1.29 is 9.90 Å². The van der Waals surface area contributed by atoms with Gasteiger partial charge in [-0.25, -0.2) is 0 Å². The molecule has 3 nitrogen and oxygen atoms in total. The summed E-state index contributed by atoms with van der Waals surface area (Å²) in [6.45, 7) is 3.56. The van der Waals surface area contributed by atoms with Crippen LogP contribution >= 0.6 is 0 Å². The van der Waals surface area contributed by atoms with E-state index in [2.05, 4.69) is 5.32 Å². The Hall–Kier alpha value is -1.35. The highest BCUT2D eigenvalue weighted by Crippen LogP contribution is 2.24. The topological polar surface area (TPSA) is 49.3 Å². The summed E-state index contributed by atoms with van der Waals surface area (Å²) in [6, 6.07) is 6.82. The number of hydrogen-bond acceptors (Lipinski definition) is 3. The zero-order chi connectivity index (χ0) is 10.9. The molecule has 80 valence electrons.